The summed E-state index contributed by atoms with van der Waals surface area (Å²) >= 11 is 0. The Kier molecular flexibility index (Phi) is 3.53. The highest BCUT2D eigenvalue weighted by Crippen LogP contribution is 2.49. The molecule has 0 aromatic heterocycles. The standard InChI is InChI=1S/C21H18N2O2/c1-2-16-10-9-15-21(16)19(24)22(17-11-5-3-6-12-17)23(20(21)25)18-13-7-4-8-14-18/h2-14,16H,1,15H2. The summed E-state index contributed by atoms with van der Waals surface area (Å²) in [6.45, 7) is 3.83. The zero-order valence-corrected chi connectivity index (χ0v) is 13.7. The molecule has 0 saturated carbocycles. The Morgan fingerprint density at radius 3 is 1.80 bits per heavy atom. The molecule has 1 unspecified atom stereocenters. The highest BCUT2D eigenvalue weighted by Gasteiger charge is 2.62. The van der Waals surface area contributed by atoms with Gasteiger partial charge in [0.05, 0.1) is 11.4 Å². The Labute approximate surface area is 146 Å². The van der Waals surface area contributed by atoms with Crippen LogP contribution >= 0.6 is 0 Å². The number of amides is 2. The second kappa shape index (κ2) is 5.74. The lowest BCUT2D eigenvalue weighted by molar-refractivity contribution is -0.135. The third-order valence-electron chi connectivity index (χ3n) is 4.96. The maximum absolute atomic E-state index is 13.5. The van der Waals surface area contributed by atoms with Crippen molar-refractivity contribution >= 4 is 23.2 Å². The van der Waals surface area contributed by atoms with E-state index in [4.69, 9.17) is 0 Å². The number of nitrogens with zero attached hydrogens (tertiary/aromatic N) is 2. The third kappa shape index (κ3) is 2.07. The molecule has 2 aromatic carbocycles. The van der Waals surface area contributed by atoms with E-state index in [-0.39, 0.29) is 17.7 Å². The number of para-hydroxylation sites is 2. The van der Waals surface area contributed by atoms with Crippen molar-refractivity contribution in [3.63, 3.8) is 0 Å². The molecule has 1 aliphatic carbocycles. The lowest BCUT2D eigenvalue weighted by Crippen LogP contribution is -2.41. The number of hydrazine groups is 1. The van der Waals surface area contributed by atoms with Crippen LogP contribution in [0.4, 0.5) is 11.4 Å². The van der Waals surface area contributed by atoms with Crippen LogP contribution in [0.1, 0.15) is 6.42 Å². The van der Waals surface area contributed by atoms with Gasteiger partial charge >= 0.3 is 0 Å². The first-order chi connectivity index (χ1) is 12.2. The van der Waals surface area contributed by atoms with Crippen LogP contribution in [0, 0.1) is 11.3 Å². The smallest absolute Gasteiger partial charge is 0.263 e. The fourth-order valence-electron chi connectivity index (χ4n) is 3.70. The summed E-state index contributed by atoms with van der Waals surface area (Å²) in [5, 5.41) is 3.00. The Balaban J connectivity index is 1.90. The van der Waals surface area contributed by atoms with Crippen molar-refractivity contribution in [2.24, 2.45) is 11.3 Å². The summed E-state index contributed by atoms with van der Waals surface area (Å²) in [5.41, 5.74) is 0.223. The molecule has 1 fully saturated rings. The van der Waals surface area contributed by atoms with E-state index < -0.39 is 5.41 Å². The van der Waals surface area contributed by atoms with Gasteiger partial charge in [0.15, 0.2) is 0 Å². The molecule has 1 aliphatic heterocycles. The molecule has 2 amide bonds. The zero-order chi connectivity index (χ0) is 17.4. The van der Waals surface area contributed by atoms with E-state index in [9.17, 15) is 9.59 Å². The average Bonchev–Trinajstić information content (AvgIpc) is 3.19. The van der Waals surface area contributed by atoms with E-state index >= 15 is 0 Å². The van der Waals surface area contributed by atoms with E-state index in [1.807, 2.05) is 72.8 Å². The van der Waals surface area contributed by atoms with Crippen molar-refractivity contribution in [1.82, 2.24) is 0 Å². The molecule has 124 valence electrons. The summed E-state index contributed by atoms with van der Waals surface area (Å²) in [6, 6.07) is 18.6. The van der Waals surface area contributed by atoms with E-state index in [0.717, 1.165) is 0 Å². The number of hydrogen-bond donors (Lipinski definition) is 0. The molecular formula is C21H18N2O2. The van der Waals surface area contributed by atoms with Crippen LogP contribution in [-0.2, 0) is 9.59 Å². The fraction of sp³-hybridized carbons (Fsp3) is 0.143. The molecule has 4 nitrogen and oxygen atoms in total. The van der Waals surface area contributed by atoms with E-state index in [2.05, 4.69) is 6.58 Å². The highest BCUT2D eigenvalue weighted by atomic mass is 16.2. The summed E-state index contributed by atoms with van der Waals surface area (Å²) in [6.07, 6.45) is 5.89. The molecule has 1 heterocycles. The predicted molar refractivity (Wildman–Crippen MR) is 97.7 cm³/mol. The highest BCUT2D eigenvalue weighted by molar-refractivity contribution is 6.27. The minimum absolute atomic E-state index is 0.206. The Morgan fingerprint density at radius 2 is 1.36 bits per heavy atom. The SMILES string of the molecule is C=CC1C=CCC12C(=O)N(c1ccccc1)N(c1ccccc1)C2=O. The number of anilines is 2. The molecule has 0 bridgehead atoms. The van der Waals surface area contributed by atoms with Gasteiger partial charge in [0.1, 0.15) is 5.41 Å². The number of allylic oxidation sites excluding steroid dienone is 3. The van der Waals surface area contributed by atoms with Gasteiger partial charge in [0.25, 0.3) is 11.8 Å². The molecular weight excluding hydrogens is 312 g/mol. The van der Waals surface area contributed by atoms with Gasteiger partial charge in [-0.1, -0.05) is 54.6 Å². The Hall–Kier alpha value is -3.14. The van der Waals surface area contributed by atoms with Gasteiger partial charge < -0.3 is 0 Å². The van der Waals surface area contributed by atoms with Crippen molar-refractivity contribution in [3.8, 4) is 0 Å². The first-order valence-corrected chi connectivity index (χ1v) is 8.28. The fourth-order valence-corrected chi connectivity index (χ4v) is 3.70. The third-order valence-corrected chi connectivity index (χ3v) is 4.96. The zero-order valence-electron chi connectivity index (χ0n) is 13.7. The van der Waals surface area contributed by atoms with Crippen LogP contribution in [0.3, 0.4) is 0 Å². The van der Waals surface area contributed by atoms with Gasteiger partial charge in [-0.15, -0.1) is 6.58 Å². The second-order valence-electron chi connectivity index (χ2n) is 6.27. The van der Waals surface area contributed by atoms with Crippen molar-refractivity contribution < 1.29 is 9.59 Å². The minimum atomic E-state index is -1.13. The van der Waals surface area contributed by atoms with Crippen LogP contribution in [0.2, 0.25) is 0 Å². The summed E-state index contributed by atoms with van der Waals surface area (Å²) in [5.74, 6) is -0.711. The lowest BCUT2D eigenvalue weighted by atomic mass is 9.76. The van der Waals surface area contributed by atoms with Gasteiger partial charge in [-0.2, -0.15) is 0 Å². The molecule has 4 rings (SSSR count). The van der Waals surface area contributed by atoms with Crippen molar-refractivity contribution in [1.29, 1.82) is 0 Å². The number of hydrogen-bond acceptors (Lipinski definition) is 2. The van der Waals surface area contributed by atoms with Crippen LogP contribution in [0.15, 0.2) is 85.5 Å². The monoisotopic (exact) mass is 330 g/mol. The normalized spacial score (nSPS) is 21.4. The van der Waals surface area contributed by atoms with Crippen molar-refractivity contribution in [2.75, 3.05) is 10.0 Å². The molecule has 25 heavy (non-hydrogen) atoms. The van der Waals surface area contributed by atoms with Crippen LogP contribution in [-0.4, -0.2) is 11.8 Å². The number of carbonyl (C=O) groups is 2. The first-order valence-electron chi connectivity index (χ1n) is 8.28. The van der Waals surface area contributed by atoms with Gasteiger partial charge in [-0.05, 0) is 30.7 Å². The van der Waals surface area contributed by atoms with E-state index in [1.54, 1.807) is 6.08 Å². The Bertz CT molecular complexity index is 800. The quantitative estimate of drug-likeness (QED) is 0.635. The molecule has 1 saturated heterocycles. The van der Waals surface area contributed by atoms with E-state index in [0.29, 0.717) is 17.8 Å². The predicted octanol–water partition coefficient (Wildman–Crippen LogP) is 3.73. The van der Waals surface area contributed by atoms with Gasteiger partial charge in [0.2, 0.25) is 0 Å². The summed E-state index contributed by atoms with van der Waals surface area (Å²) in [7, 11) is 0. The van der Waals surface area contributed by atoms with Gasteiger partial charge in [0, 0.05) is 5.92 Å². The number of carbonyl (C=O) groups excluding carboxylic acids is 2. The largest absolute Gasteiger partial charge is 0.271 e. The molecule has 2 aromatic rings. The summed E-state index contributed by atoms with van der Waals surface area (Å²) < 4.78 is 0. The first kappa shape index (κ1) is 15.4. The Morgan fingerprint density at radius 1 is 0.880 bits per heavy atom. The lowest BCUT2D eigenvalue weighted by Gasteiger charge is -2.27. The molecule has 1 spiro atoms. The van der Waals surface area contributed by atoms with Crippen molar-refractivity contribution in [3.05, 3.63) is 85.5 Å². The number of benzene rings is 2. The second-order valence-corrected chi connectivity index (χ2v) is 6.27. The van der Waals surface area contributed by atoms with Crippen molar-refractivity contribution in [2.45, 2.75) is 6.42 Å². The molecule has 0 radical (unpaired) electrons. The van der Waals surface area contributed by atoms with Crippen LogP contribution in [0.5, 0.6) is 0 Å². The molecule has 0 N–H and O–H groups in total. The average molecular weight is 330 g/mol. The molecule has 4 heteroatoms. The van der Waals surface area contributed by atoms with Crippen LogP contribution in [0.25, 0.3) is 0 Å². The summed E-state index contributed by atoms with van der Waals surface area (Å²) in [4.78, 5) is 26.9. The van der Waals surface area contributed by atoms with Crippen LogP contribution < -0.4 is 10.0 Å². The molecule has 1 atom stereocenters. The van der Waals surface area contributed by atoms with Gasteiger partial charge in [-0.25, -0.2) is 10.0 Å². The maximum Gasteiger partial charge on any atom is 0.263 e. The molecule has 2 aliphatic rings. The van der Waals surface area contributed by atoms with Gasteiger partial charge in [-0.3, -0.25) is 9.59 Å². The van der Waals surface area contributed by atoms with E-state index in [1.165, 1.54) is 10.0 Å². The topological polar surface area (TPSA) is 40.6 Å². The maximum atomic E-state index is 13.5. The minimum Gasteiger partial charge on any atom is -0.271 e. The number of rotatable bonds is 3.